The lowest BCUT2D eigenvalue weighted by Crippen LogP contribution is -2.31. The summed E-state index contributed by atoms with van der Waals surface area (Å²) in [5, 5.41) is 0. The van der Waals surface area contributed by atoms with Crippen molar-refractivity contribution in [1.82, 2.24) is 0 Å². The summed E-state index contributed by atoms with van der Waals surface area (Å²) >= 11 is 0. The molecule has 0 aliphatic rings. The summed E-state index contributed by atoms with van der Waals surface area (Å²) < 4.78 is 19.1. The number of hydrogen-bond donors (Lipinski definition) is 1. The van der Waals surface area contributed by atoms with E-state index in [2.05, 4.69) is 0 Å². The van der Waals surface area contributed by atoms with Gasteiger partial charge in [-0.1, -0.05) is 30.3 Å². The fourth-order valence-corrected chi connectivity index (χ4v) is 2.02. The molecule has 0 saturated carbocycles. The van der Waals surface area contributed by atoms with Gasteiger partial charge in [0.15, 0.2) is 0 Å². The molecule has 19 heavy (non-hydrogen) atoms. The van der Waals surface area contributed by atoms with Crippen LogP contribution in [0.1, 0.15) is 19.4 Å². The molecule has 0 unspecified atom stereocenters. The van der Waals surface area contributed by atoms with E-state index in [4.69, 9.17) is 10.5 Å². The Morgan fingerprint density at radius 2 is 1.79 bits per heavy atom. The lowest BCUT2D eigenvalue weighted by molar-refractivity contribution is 0.110. The second-order valence-corrected chi connectivity index (χ2v) is 5.21. The van der Waals surface area contributed by atoms with Gasteiger partial charge in [-0.3, -0.25) is 0 Å². The van der Waals surface area contributed by atoms with E-state index in [0.29, 0.717) is 11.4 Å². The smallest absolute Gasteiger partial charge is 0.145 e. The van der Waals surface area contributed by atoms with Gasteiger partial charge in [-0.15, -0.1) is 0 Å². The highest BCUT2D eigenvalue weighted by Crippen LogP contribution is 2.28. The van der Waals surface area contributed by atoms with Gasteiger partial charge in [0.2, 0.25) is 0 Å². The van der Waals surface area contributed by atoms with Gasteiger partial charge in [0.1, 0.15) is 17.2 Å². The van der Waals surface area contributed by atoms with Gasteiger partial charge in [0, 0.05) is 12.5 Å². The number of nitrogens with two attached hydrogens (primary N) is 1. The fraction of sp³-hybridized carbons (Fsp3) is 0.250. The van der Waals surface area contributed by atoms with E-state index < -0.39 is 5.60 Å². The predicted molar refractivity (Wildman–Crippen MR) is 75.7 cm³/mol. The lowest BCUT2D eigenvalue weighted by Gasteiger charge is -2.27. The number of nitrogen functional groups attached to an aromatic ring is 1. The van der Waals surface area contributed by atoms with Crippen LogP contribution in [0.4, 0.5) is 10.1 Å². The first-order valence-corrected chi connectivity index (χ1v) is 6.24. The molecule has 0 aromatic heterocycles. The first-order valence-electron chi connectivity index (χ1n) is 6.24. The maximum Gasteiger partial charge on any atom is 0.145 e. The Bertz CT molecular complexity index is 552. The molecular weight excluding hydrogens is 241 g/mol. The molecule has 0 amide bonds. The molecule has 0 spiro atoms. The first kappa shape index (κ1) is 13.4. The van der Waals surface area contributed by atoms with Gasteiger partial charge in [0.05, 0.1) is 5.69 Å². The summed E-state index contributed by atoms with van der Waals surface area (Å²) in [5.74, 6) is 0.0423. The third kappa shape index (κ3) is 3.71. The van der Waals surface area contributed by atoms with Crippen LogP contribution in [0.2, 0.25) is 0 Å². The topological polar surface area (TPSA) is 35.2 Å². The first-order chi connectivity index (χ1) is 8.96. The Kier molecular flexibility index (Phi) is 3.74. The largest absolute Gasteiger partial charge is 0.485 e. The van der Waals surface area contributed by atoms with Crippen LogP contribution < -0.4 is 10.5 Å². The molecule has 0 aliphatic carbocycles. The van der Waals surface area contributed by atoms with Gasteiger partial charge < -0.3 is 10.5 Å². The summed E-state index contributed by atoms with van der Waals surface area (Å²) in [5.41, 5.74) is 6.96. The maximum absolute atomic E-state index is 13.2. The predicted octanol–water partition coefficient (Wildman–Crippen LogP) is 3.81. The summed E-state index contributed by atoms with van der Waals surface area (Å²) in [7, 11) is 0. The van der Waals surface area contributed by atoms with Crippen LogP contribution in [0.5, 0.6) is 5.75 Å². The molecule has 0 saturated heterocycles. The van der Waals surface area contributed by atoms with Crippen LogP contribution in [0.3, 0.4) is 0 Å². The summed E-state index contributed by atoms with van der Waals surface area (Å²) in [6.45, 7) is 3.93. The van der Waals surface area contributed by atoms with E-state index in [-0.39, 0.29) is 5.82 Å². The number of anilines is 1. The van der Waals surface area contributed by atoms with Crippen LogP contribution in [0.15, 0.2) is 48.5 Å². The van der Waals surface area contributed by atoms with Crippen LogP contribution in [-0.4, -0.2) is 5.60 Å². The Morgan fingerprint density at radius 3 is 2.47 bits per heavy atom. The second-order valence-electron chi connectivity index (χ2n) is 5.21. The molecule has 2 nitrogen and oxygen atoms in total. The van der Waals surface area contributed by atoms with Crippen LogP contribution in [0.25, 0.3) is 0 Å². The van der Waals surface area contributed by atoms with Crippen LogP contribution >= 0.6 is 0 Å². The van der Waals surface area contributed by atoms with Crippen molar-refractivity contribution in [3.63, 3.8) is 0 Å². The van der Waals surface area contributed by atoms with Crippen molar-refractivity contribution in [3.05, 3.63) is 59.9 Å². The monoisotopic (exact) mass is 259 g/mol. The molecule has 3 heteroatoms. The molecule has 0 radical (unpaired) electrons. The van der Waals surface area contributed by atoms with Crippen molar-refractivity contribution in [3.8, 4) is 5.75 Å². The second kappa shape index (κ2) is 5.31. The van der Waals surface area contributed by atoms with Gasteiger partial charge in [-0.2, -0.15) is 0 Å². The maximum atomic E-state index is 13.2. The van der Waals surface area contributed by atoms with Gasteiger partial charge >= 0.3 is 0 Å². The van der Waals surface area contributed by atoms with Gasteiger partial charge in [-0.25, -0.2) is 4.39 Å². The Morgan fingerprint density at radius 1 is 1.11 bits per heavy atom. The fourth-order valence-electron chi connectivity index (χ4n) is 2.02. The highest BCUT2D eigenvalue weighted by atomic mass is 19.1. The molecule has 2 rings (SSSR count). The molecular formula is C16H18FNO. The van der Waals surface area contributed by atoms with E-state index in [1.165, 1.54) is 23.8 Å². The van der Waals surface area contributed by atoms with Crippen LogP contribution in [-0.2, 0) is 6.42 Å². The minimum absolute atomic E-state index is 0.347. The quantitative estimate of drug-likeness (QED) is 0.847. The highest BCUT2D eigenvalue weighted by Gasteiger charge is 2.21. The molecule has 0 fully saturated rings. The molecule has 100 valence electrons. The Balaban J connectivity index is 2.14. The standard InChI is InChI=1S/C16H18FNO/c1-16(2,11-12-6-4-3-5-7-12)19-15-10-13(17)8-9-14(15)18/h3-10H,11,18H2,1-2H3. The molecule has 2 aromatic rings. The number of halogens is 1. The van der Waals surface area contributed by atoms with Crippen molar-refractivity contribution >= 4 is 5.69 Å². The normalized spacial score (nSPS) is 11.3. The zero-order valence-corrected chi connectivity index (χ0v) is 11.2. The number of hydrogen-bond acceptors (Lipinski definition) is 2. The van der Waals surface area contributed by atoms with Crippen molar-refractivity contribution in [1.29, 1.82) is 0 Å². The van der Waals surface area contributed by atoms with E-state index in [1.54, 1.807) is 0 Å². The highest BCUT2D eigenvalue weighted by molar-refractivity contribution is 5.52. The molecule has 2 N–H and O–H groups in total. The summed E-state index contributed by atoms with van der Waals surface area (Å²) in [6.07, 6.45) is 0.726. The Labute approximate surface area is 113 Å². The van der Waals surface area contributed by atoms with Crippen molar-refractivity contribution in [2.45, 2.75) is 25.9 Å². The molecule has 0 heterocycles. The number of ether oxygens (including phenoxy) is 1. The zero-order valence-electron chi connectivity index (χ0n) is 11.2. The third-order valence-electron chi connectivity index (χ3n) is 2.83. The van der Waals surface area contributed by atoms with Gasteiger partial charge in [0.25, 0.3) is 0 Å². The van der Waals surface area contributed by atoms with Crippen LogP contribution in [0, 0.1) is 5.82 Å². The van der Waals surface area contributed by atoms with Crippen molar-refractivity contribution in [2.24, 2.45) is 0 Å². The minimum Gasteiger partial charge on any atom is -0.485 e. The average Bonchev–Trinajstić information content (AvgIpc) is 2.34. The van der Waals surface area contributed by atoms with Crippen molar-refractivity contribution < 1.29 is 9.13 Å². The van der Waals surface area contributed by atoms with Crippen molar-refractivity contribution in [2.75, 3.05) is 5.73 Å². The Hall–Kier alpha value is -2.03. The van der Waals surface area contributed by atoms with Gasteiger partial charge in [-0.05, 0) is 31.5 Å². The lowest BCUT2D eigenvalue weighted by atomic mass is 9.98. The van der Waals surface area contributed by atoms with E-state index in [9.17, 15) is 4.39 Å². The van der Waals surface area contributed by atoms with E-state index >= 15 is 0 Å². The SMILES string of the molecule is CC(C)(Cc1ccccc1)Oc1cc(F)ccc1N. The molecule has 0 bridgehead atoms. The third-order valence-corrected chi connectivity index (χ3v) is 2.83. The summed E-state index contributed by atoms with van der Waals surface area (Å²) in [4.78, 5) is 0. The van der Waals surface area contributed by atoms with E-state index in [1.807, 2.05) is 44.2 Å². The number of rotatable bonds is 4. The minimum atomic E-state index is -0.455. The summed E-state index contributed by atoms with van der Waals surface area (Å²) in [6, 6.07) is 14.2. The zero-order chi connectivity index (χ0) is 13.9. The average molecular weight is 259 g/mol. The molecule has 0 atom stereocenters. The van der Waals surface area contributed by atoms with E-state index in [0.717, 1.165) is 6.42 Å². The molecule has 2 aromatic carbocycles. The molecule has 0 aliphatic heterocycles. The number of benzene rings is 2.